The number of hydrogen-bond donors (Lipinski definition) is 1. The second-order valence-corrected chi connectivity index (χ2v) is 9.33. The summed E-state index contributed by atoms with van der Waals surface area (Å²) in [6.07, 6.45) is 0.392. The van der Waals surface area contributed by atoms with E-state index in [0.29, 0.717) is 18.5 Å². The van der Waals surface area contributed by atoms with E-state index in [2.05, 4.69) is 5.32 Å². The molecule has 1 saturated heterocycles. The van der Waals surface area contributed by atoms with Crippen LogP contribution in [0.25, 0.3) is 0 Å². The average molecular weight is 404 g/mol. The number of carbonyl (C=O) groups is 2. The van der Waals surface area contributed by atoms with Crippen molar-refractivity contribution in [2.75, 3.05) is 18.1 Å². The highest BCUT2D eigenvalue weighted by atomic mass is 32.2. The first-order valence-corrected chi connectivity index (χ1v) is 10.9. The lowest BCUT2D eigenvalue weighted by Crippen LogP contribution is -2.38. The molecule has 0 unspecified atom stereocenters. The molecular formula is C20H24N2O5S. The van der Waals surface area contributed by atoms with Gasteiger partial charge in [-0.05, 0) is 31.9 Å². The number of rotatable bonds is 6. The van der Waals surface area contributed by atoms with Gasteiger partial charge >= 0.3 is 5.97 Å². The molecule has 2 heterocycles. The summed E-state index contributed by atoms with van der Waals surface area (Å²) in [6, 6.07) is 11.3. The van der Waals surface area contributed by atoms with Gasteiger partial charge < -0.3 is 14.6 Å². The first-order chi connectivity index (χ1) is 13.2. The highest BCUT2D eigenvalue weighted by Crippen LogP contribution is 2.18. The Morgan fingerprint density at radius 3 is 2.57 bits per heavy atom. The Morgan fingerprint density at radius 1 is 1.21 bits per heavy atom. The first kappa shape index (κ1) is 20.1. The van der Waals surface area contributed by atoms with E-state index in [9.17, 15) is 18.0 Å². The van der Waals surface area contributed by atoms with Crippen LogP contribution in [-0.2, 0) is 25.9 Å². The molecule has 8 heteroatoms. The lowest BCUT2D eigenvalue weighted by atomic mass is 10.2. The molecule has 3 rings (SSSR count). The van der Waals surface area contributed by atoms with Gasteiger partial charge in [0.25, 0.3) is 5.91 Å². The van der Waals surface area contributed by atoms with Gasteiger partial charge in [-0.2, -0.15) is 0 Å². The van der Waals surface area contributed by atoms with Crippen LogP contribution in [0.3, 0.4) is 0 Å². The normalized spacial score (nSPS) is 18.0. The third-order valence-corrected chi connectivity index (χ3v) is 6.68. The summed E-state index contributed by atoms with van der Waals surface area (Å²) in [5.41, 5.74) is 3.24. The Balaban J connectivity index is 1.59. The van der Waals surface area contributed by atoms with Gasteiger partial charge in [0.05, 0.1) is 17.1 Å². The molecule has 0 spiro atoms. The molecule has 1 aliphatic rings. The zero-order valence-corrected chi connectivity index (χ0v) is 16.8. The third kappa shape index (κ3) is 4.81. The van der Waals surface area contributed by atoms with Gasteiger partial charge in [-0.3, -0.25) is 4.79 Å². The molecule has 0 radical (unpaired) electrons. The van der Waals surface area contributed by atoms with Gasteiger partial charge in [-0.1, -0.05) is 30.3 Å². The van der Waals surface area contributed by atoms with Crippen molar-refractivity contribution in [3.8, 4) is 0 Å². The molecule has 1 aromatic carbocycles. The van der Waals surface area contributed by atoms with Gasteiger partial charge in [0.2, 0.25) is 0 Å². The molecular weight excluding hydrogens is 380 g/mol. The first-order valence-electron chi connectivity index (χ1n) is 9.13. The maximum absolute atomic E-state index is 12.4. The van der Waals surface area contributed by atoms with Crippen LogP contribution in [0.4, 0.5) is 0 Å². The van der Waals surface area contributed by atoms with Crippen LogP contribution in [0.2, 0.25) is 0 Å². The number of ether oxygens (including phenoxy) is 1. The van der Waals surface area contributed by atoms with Crippen molar-refractivity contribution in [1.29, 1.82) is 0 Å². The topological polar surface area (TPSA) is 94.5 Å². The second kappa shape index (κ2) is 8.18. The van der Waals surface area contributed by atoms with Gasteiger partial charge in [0.15, 0.2) is 16.4 Å². The molecule has 0 saturated carbocycles. The number of esters is 1. The molecule has 7 nitrogen and oxygen atoms in total. The maximum atomic E-state index is 12.4. The zero-order valence-electron chi connectivity index (χ0n) is 16.0. The number of benzene rings is 1. The molecule has 1 aromatic heterocycles. The second-order valence-electron chi connectivity index (χ2n) is 7.10. The van der Waals surface area contributed by atoms with Crippen LogP contribution in [-0.4, -0.2) is 49.0 Å². The van der Waals surface area contributed by atoms with Gasteiger partial charge in [-0.15, -0.1) is 0 Å². The number of sulfone groups is 1. The van der Waals surface area contributed by atoms with E-state index in [1.54, 1.807) is 6.07 Å². The fourth-order valence-electron chi connectivity index (χ4n) is 3.40. The van der Waals surface area contributed by atoms with Crippen LogP contribution in [0.15, 0.2) is 36.4 Å². The highest BCUT2D eigenvalue weighted by Gasteiger charge is 2.29. The quantitative estimate of drug-likeness (QED) is 0.738. The van der Waals surface area contributed by atoms with E-state index < -0.39 is 34.4 Å². The van der Waals surface area contributed by atoms with Crippen molar-refractivity contribution < 1.29 is 22.7 Å². The van der Waals surface area contributed by atoms with Crippen LogP contribution in [0.5, 0.6) is 0 Å². The Bertz CT molecular complexity index is 980. The third-order valence-electron chi connectivity index (χ3n) is 4.91. The molecule has 28 heavy (non-hydrogen) atoms. The number of nitrogens with one attached hydrogen (secondary N) is 1. The predicted molar refractivity (Wildman–Crippen MR) is 105 cm³/mol. The molecule has 0 bridgehead atoms. The zero-order chi connectivity index (χ0) is 20.3. The molecule has 150 valence electrons. The molecule has 1 fully saturated rings. The van der Waals surface area contributed by atoms with E-state index in [-0.39, 0.29) is 11.5 Å². The SMILES string of the molecule is Cc1cc(C(=O)OCC(=O)N[C@@H]2CCS(=O)(=O)C2)c(C)n1Cc1ccccc1. The van der Waals surface area contributed by atoms with E-state index in [0.717, 1.165) is 17.0 Å². The summed E-state index contributed by atoms with van der Waals surface area (Å²) >= 11 is 0. The summed E-state index contributed by atoms with van der Waals surface area (Å²) < 4.78 is 30.0. The average Bonchev–Trinajstić information content (AvgIpc) is 3.13. The number of amides is 1. The van der Waals surface area contributed by atoms with E-state index in [4.69, 9.17) is 4.74 Å². The minimum atomic E-state index is -3.07. The lowest BCUT2D eigenvalue weighted by molar-refractivity contribution is -0.124. The molecule has 1 aliphatic heterocycles. The molecule has 1 atom stereocenters. The lowest BCUT2D eigenvalue weighted by Gasteiger charge is -2.11. The molecule has 2 aromatic rings. The number of hydrogen-bond acceptors (Lipinski definition) is 5. The van der Waals surface area contributed by atoms with Gasteiger partial charge in [0, 0.05) is 24.0 Å². The fraction of sp³-hybridized carbons (Fsp3) is 0.400. The molecule has 1 N–H and O–H groups in total. The predicted octanol–water partition coefficient (Wildman–Crippen LogP) is 1.61. The fourth-order valence-corrected chi connectivity index (χ4v) is 5.08. The summed E-state index contributed by atoms with van der Waals surface area (Å²) in [5, 5.41) is 2.60. The van der Waals surface area contributed by atoms with Crippen LogP contribution < -0.4 is 5.32 Å². The minimum Gasteiger partial charge on any atom is -0.452 e. The Labute approximate surface area is 164 Å². The minimum absolute atomic E-state index is 0.0622. The van der Waals surface area contributed by atoms with E-state index >= 15 is 0 Å². The largest absolute Gasteiger partial charge is 0.452 e. The molecule has 1 amide bonds. The summed E-state index contributed by atoms with van der Waals surface area (Å²) in [6.45, 7) is 3.97. The van der Waals surface area contributed by atoms with Crippen LogP contribution in [0, 0.1) is 13.8 Å². The van der Waals surface area contributed by atoms with Crippen molar-refractivity contribution in [1.82, 2.24) is 9.88 Å². The van der Waals surface area contributed by atoms with Crippen molar-refractivity contribution in [3.05, 3.63) is 58.9 Å². The Hall–Kier alpha value is -2.61. The number of nitrogens with zero attached hydrogens (tertiary/aromatic N) is 1. The number of aromatic nitrogens is 1. The standard InChI is InChI=1S/C20H24N2O5S/c1-14-10-18(15(2)22(14)11-16-6-4-3-5-7-16)20(24)27-12-19(23)21-17-8-9-28(25,26)13-17/h3-7,10,17H,8-9,11-13H2,1-2H3,(H,21,23)/t17-/m1/s1. The van der Waals surface area contributed by atoms with Gasteiger partial charge in [-0.25, -0.2) is 13.2 Å². The monoisotopic (exact) mass is 404 g/mol. The van der Waals surface area contributed by atoms with Crippen LogP contribution in [0.1, 0.15) is 33.7 Å². The van der Waals surface area contributed by atoms with Crippen molar-refractivity contribution in [3.63, 3.8) is 0 Å². The smallest absolute Gasteiger partial charge is 0.340 e. The Morgan fingerprint density at radius 2 is 1.93 bits per heavy atom. The van der Waals surface area contributed by atoms with Crippen molar-refractivity contribution >= 4 is 21.7 Å². The number of carbonyl (C=O) groups excluding carboxylic acids is 2. The van der Waals surface area contributed by atoms with Gasteiger partial charge in [0.1, 0.15) is 0 Å². The summed E-state index contributed by atoms with van der Waals surface area (Å²) in [5.74, 6) is -1.05. The maximum Gasteiger partial charge on any atom is 0.340 e. The number of aryl methyl sites for hydroxylation is 1. The van der Waals surface area contributed by atoms with E-state index in [1.807, 2.05) is 48.7 Å². The van der Waals surface area contributed by atoms with Crippen LogP contribution >= 0.6 is 0 Å². The van der Waals surface area contributed by atoms with E-state index in [1.165, 1.54) is 0 Å². The summed E-state index contributed by atoms with van der Waals surface area (Å²) in [7, 11) is -3.07. The highest BCUT2D eigenvalue weighted by molar-refractivity contribution is 7.91. The summed E-state index contributed by atoms with van der Waals surface area (Å²) in [4.78, 5) is 24.4. The van der Waals surface area contributed by atoms with Crippen molar-refractivity contribution in [2.45, 2.75) is 32.9 Å². The Kier molecular flexibility index (Phi) is 5.88. The van der Waals surface area contributed by atoms with Crippen molar-refractivity contribution in [2.24, 2.45) is 0 Å². The molecule has 0 aliphatic carbocycles.